The van der Waals surface area contributed by atoms with Crippen molar-refractivity contribution in [2.45, 2.75) is 19.3 Å². The molecule has 0 aliphatic rings. The van der Waals surface area contributed by atoms with E-state index in [9.17, 15) is 26.3 Å². The maximum atomic E-state index is 13.3. The van der Waals surface area contributed by atoms with Gasteiger partial charge in [-0.25, -0.2) is 19.9 Å². The number of aryl methyl sites for hydroxylation is 1. The zero-order valence-corrected chi connectivity index (χ0v) is 32.0. The minimum absolute atomic E-state index is 0. The van der Waals surface area contributed by atoms with E-state index in [4.69, 9.17) is 30.5 Å². The molecule has 2 N–H and O–H groups in total. The number of pyridine rings is 2. The number of halogens is 8. The van der Waals surface area contributed by atoms with Crippen LogP contribution in [0.4, 0.5) is 49.4 Å². The molecular formula is C37H32Cl2F6N8O4. The lowest BCUT2D eigenvalue weighted by molar-refractivity contribution is -0.141. The van der Waals surface area contributed by atoms with Gasteiger partial charge < -0.3 is 29.6 Å². The lowest BCUT2D eigenvalue weighted by atomic mass is 10.1. The minimum atomic E-state index is -4.65. The number of hydrogen-bond acceptors (Lipinski definition) is 12. The maximum absolute atomic E-state index is 13.3. The van der Waals surface area contributed by atoms with E-state index in [0.717, 1.165) is 17.7 Å². The predicted molar refractivity (Wildman–Crippen MR) is 203 cm³/mol. The van der Waals surface area contributed by atoms with Crippen LogP contribution in [0.2, 0.25) is 5.02 Å². The number of anilines is 4. The van der Waals surface area contributed by atoms with Gasteiger partial charge in [0.05, 0.1) is 39.1 Å². The molecule has 0 spiro atoms. The van der Waals surface area contributed by atoms with Gasteiger partial charge in [-0.15, -0.1) is 12.4 Å². The second kappa shape index (κ2) is 18.7. The predicted octanol–water partition coefficient (Wildman–Crippen LogP) is 10.0. The second-order valence-electron chi connectivity index (χ2n) is 11.4. The van der Waals surface area contributed by atoms with E-state index < -0.39 is 23.7 Å². The van der Waals surface area contributed by atoms with Crippen molar-refractivity contribution in [1.82, 2.24) is 29.9 Å². The topological polar surface area (TPSA) is 138 Å². The Kier molecular flexibility index (Phi) is 14.3. The Balaban J connectivity index is 0.000000248. The largest absolute Gasteiger partial charge is 0.495 e. The molecule has 0 saturated carbocycles. The Bertz CT molecular complexity index is 2290. The van der Waals surface area contributed by atoms with E-state index in [1.165, 1.54) is 77.5 Å². The molecule has 300 valence electrons. The van der Waals surface area contributed by atoms with Gasteiger partial charge in [-0.2, -0.15) is 26.3 Å². The van der Waals surface area contributed by atoms with Crippen LogP contribution in [0.1, 0.15) is 17.0 Å². The summed E-state index contributed by atoms with van der Waals surface area (Å²) in [6.07, 6.45) is -3.46. The van der Waals surface area contributed by atoms with Crippen LogP contribution in [0.25, 0.3) is 22.8 Å². The number of hydrogen-bond donors (Lipinski definition) is 2. The number of ether oxygens (including phenoxy) is 4. The third-order valence-electron chi connectivity index (χ3n) is 7.62. The Labute approximate surface area is 333 Å². The van der Waals surface area contributed by atoms with Crippen LogP contribution in [0.3, 0.4) is 0 Å². The van der Waals surface area contributed by atoms with E-state index in [1.807, 2.05) is 0 Å². The van der Waals surface area contributed by atoms with Crippen molar-refractivity contribution in [3.63, 3.8) is 0 Å². The quantitative estimate of drug-likeness (QED) is 0.127. The molecule has 6 rings (SSSR count). The molecule has 20 heteroatoms. The third kappa shape index (κ3) is 11.0. The molecule has 4 heterocycles. The third-order valence-corrected chi connectivity index (χ3v) is 7.92. The van der Waals surface area contributed by atoms with Crippen molar-refractivity contribution in [1.29, 1.82) is 0 Å². The van der Waals surface area contributed by atoms with Crippen LogP contribution in [-0.4, -0.2) is 58.3 Å². The molecule has 0 unspecified atom stereocenters. The number of benzene rings is 2. The molecule has 0 bridgehead atoms. The number of alkyl halides is 6. The highest BCUT2D eigenvalue weighted by Crippen LogP contribution is 2.39. The van der Waals surface area contributed by atoms with Gasteiger partial charge in [0.15, 0.2) is 34.5 Å². The summed E-state index contributed by atoms with van der Waals surface area (Å²) >= 11 is 6.06. The first-order valence-electron chi connectivity index (χ1n) is 16.0. The highest BCUT2D eigenvalue weighted by molar-refractivity contribution is 6.32. The normalized spacial score (nSPS) is 11.0. The monoisotopic (exact) mass is 836 g/mol. The minimum Gasteiger partial charge on any atom is -0.495 e. The average molecular weight is 838 g/mol. The van der Waals surface area contributed by atoms with Crippen molar-refractivity contribution in [2.24, 2.45) is 0 Å². The Hall–Kier alpha value is -6.14. The average Bonchev–Trinajstić information content (AvgIpc) is 3.19. The summed E-state index contributed by atoms with van der Waals surface area (Å²) in [4.78, 5) is 23.4. The summed E-state index contributed by atoms with van der Waals surface area (Å²) in [5, 5.41) is 6.02. The molecule has 2 aromatic carbocycles. The molecule has 0 aliphatic heterocycles. The Morgan fingerprint density at radius 1 is 0.561 bits per heavy atom. The summed E-state index contributed by atoms with van der Waals surface area (Å²) in [6.45, 7) is 1.79. The zero-order valence-electron chi connectivity index (χ0n) is 30.5. The van der Waals surface area contributed by atoms with E-state index >= 15 is 0 Å². The van der Waals surface area contributed by atoms with Crippen molar-refractivity contribution in [3.8, 4) is 45.8 Å². The SMILES string of the molecule is COc1cc(C)c(Nc2cc(C(F)(F)F)nc(-c3cccnc3)n2)cc1OC.COc1cc(Nc2cc(C(F)(F)F)nc(-c3ccncc3)n2)c(OC)cc1Cl.Cl. The first-order chi connectivity index (χ1) is 26.6. The summed E-state index contributed by atoms with van der Waals surface area (Å²) in [5.41, 5.74) is 0.231. The van der Waals surface area contributed by atoms with Gasteiger partial charge in [-0.3, -0.25) is 9.97 Å². The molecule has 0 radical (unpaired) electrons. The van der Waals surface area contributed by atoms with Gasteiger partial charge in [0.2, 0.25) is 0 Å². The van der Waals surface area contributed by atoms with Crippen LogP contribution < -0.4 is 29.6 Å². The fourth-order valence-electron chi connectivity index (χ4n) is 4.92. The molecule has 57 heavy (non-hydrogen) atoms. The van der Waals surface area contributed by atoms with Crippen LogP contribution in [0.5, 0.6) is 23.0 Å². The second-order valence-corrected chi connectivity index (χ2v) is 11.8. The fraction of sp³-hybridized carbons (Fsp3) is 0.189. The zero-order chi connectivity index (χ0) is 40.6. The summed E-state index contributed by atoms with van der Waals surface area (Å²) in [6, 6.07) is 14.2. The molecule has 12 nitrogen and oxygen atoms in total. The van der Waals surface area contributed by atoms with Gasteiger partial charge in [0, 0.05) is 71.9 Å². The van der Waals surface area contributed by atoms with Gasteiger partial charge in [-0.05, 0) is 42.8 Å². The van der Waals surface area contributed by atoms with Gasteiger partial charge in [-0.1, -0.05) is 11.6 Å². The van der Waals surface area contributed by atoms with Gasteiger partial charge in [0.25, 0.3) is 0 Å². The van der Waals surface area contributed by atoms with E-state index in [-0.39, 0.29) is 35.7 Å². The first-order valence-corrected chi connectivity index (χ1v) is 16.4. The Morgan fingerprint density at radius 3 is 1.58 bits per heavy atom. The lowest BCUT2D eigenvalue weighted by Crippen LogP contribution is -2.11. The van der Waals surface area contributed by atoms with E-state index in [1.54, 1.807) is 31.2 Å². The number of rotatable bonds is 10. The van der Waals surface area contributed by atoms with Crippen LogP contribution in [-0.2, 0) is 12.4 Å². The van der Waals surface area contributed by atoms with Crippen LogP contribution >= 0.6 is 24.0 Å². The Morgan fingerprint density at radius 2 is 1.07 bits per heavy atom. The summed E-state index contributed by atoms with van der Waals surface area (Å²) in [7, 11) is 5.81. The summed E-state index contributed by atoms with van der Waals surface area (Å²) in [5.74, 6) is 1.33. The first kappa shape index (κ1) is 43.6. The lowest BCUT2D eigenvalue weighted by Gasteiger charge is -2.15. The number of nitrogens with one attached hydrogen (secondary N) is 2. The molecule has 0 atom stereocenters. The van der Waals surface area contributed by atoms with Crippen molar-refractivity contribution < 1.29 is 45.3 Å². The molecule has 0 fully saturated rings. The fourth-order valence-corrected chi connectivity index (χ4v) is 5.15. The van der Waals surface area contributed by atoms with E-state index in [2.05, 4.69) is 40.5 Å². The smallest absolute Gasteiger partial charge is 0.433 e. The van der Waals surface area contributed by atoms with Crippen molar-refractivity contribution >= 4 is 47.0 Å². The highest BCUT2D eigenvalue weighted by atomic mass is 35.5. The van der Waals surface area contributed by atoms with Gasteiger partial charge >= 0.3 is 12.4 Å². The summed E-state index contributed by atoms with van der Waals surface area (Å²) < 4.78 is 101. The molecule has 0 aliphatic carbocycles. The molecule has 6 aromatic rings. The highest BCUT2D eigenvalue weighted by Gasteiger charge is 2.35. The maximum Gasteiger partial charge on any atom is 0.433 e. The molecule has 4 aromatic heterocycles. The van der Waals surface area contributed by atoms with Gasteiger partial charge in [0.1, 0.15) is 23.1 Å². The molecule has 0 amide bonds. The van der Waals surface area contributed by atoms with Crippen molar-refractivity contribution in [3.05, 3.63) is 107 Å². The number of aromatic nitrogens is 6. The molecular weight excluding hydrogens is 805 g/mol. The van der Waals surface area contributed by atoms with Crippen LogP contribution in [0.15, 0.2) is 85.5 Å². The van der Waals surface area contributed by atoms with Crippen molar-refractivity contribution in [2.75, 3.05) is 39.1 Å². The standard InChI is InChI=1S/C19H17F3N4O2.C18H14ClF3N4O2.ClH/c1-11-7-14(27-2)15(28-3)8-13(11)24-17-9-16(19(20,21)22)25-18(26-17)12-5-4-6-23-10-12;1-27-13-8-12(14(28-2)7-11(13)19)24-16-9-15(18(20,21)22)25-17(26-16)10-3-5-23-6-4-10;/h4-10H,1-3H3,(H,24,25,26);3-9H,1-2H3,(H,24,25,26);1H. The van der Waals surface area contributed by atoms with E-state index in [0.29, 0.717) is 50.5 Å². The molecule has 0 saturated heterocycles. The number of methoxy groups -OCH3 is 4. The number of nitrogens with zero attached hydrogens (tertiary/aromatic N) is 6. The van der Waals surface area contributed by atoms with Crippen LogP contribution in [0, 0.1) is 6.92 Å².